The molecule has 0 bridgehead atoms. The van der Waals surface area contributed by atoms with Crippen LogP contribution in [-0.4, -0.2) is 23.8 Å². The molecule has 4 nitrogen and oxygen atoms in total. The summed E-state index contributed by atoms with van der Waals surface area (Å²) in [6.07, 6.45) is 0. The van der Waals surface area contributed by atoms with Crippen molar-refractivity contribution in [2.24, 2.45) is 0 Å². The van der Waals surface area contributed by atoms with E-state index < -0.39 is 13.7 Å². The smallest absolute Gasteiger partial charge is 0.504 e. The monoisotopic (exact) mass is 166 g/mol. The Hall–Kier alpha value is -1.49. The molecule has 0 aliphatic heterocycles. The third kappa shape index (κ3) is 2.00. The van der Waals surface area contributed by atoms with Gasteiger partial charge in [0.1, 0.15) is 5.75 Å². The Kier molecular flexibility index (Phi) is 2.71. The molecule has 0 amide bonds. The number of carbonyl (C=O) groups is 1. The second-order valence-electron chi connectivity index (χ2n) is 2.10. The van der Waals surface area contributed by atoms with Gasteiger partial charge in [0.05, 0.1) is 5.56 Å². The van der Waals surface area contributed by atoms with E-state index in [2.05, 4.69) is 0 Å². The average molecular weight is 166 g/mol. The summed E-state index contributed by atoms with van der Waals surface area (Å²) in [7, 11) is -0.410. The lowest BCUT2D eigenvalue weighted by atomic mass is 10.2. The highest BCUT2D eigenvalue weighted by Gasteiger charge is 2.01. The molecule has 12 heavy (non-hydrogen) atoms. The van der Waals surface area contributed by atoms with Gasteiger partial charge in [-0.05, 0) is 24.3 Å². The molecule has 0 heterocycles. The molecule has 0 saturated heterocycles. The lowest BCUT2D eigenvalue weighted by Crippen LogP contribution is -2.00. The fourth-order valence-electron chi connectivity index (χ4n) is 0.768. The summed E-state index contributed by atoms with van der Waals surface area (Å²) in [5.74, 6) is -0.534. The molecule has 0 fully saturated rings. The fourth-order valence-corrected chi connectivity index (χ4v) is 0.768. The third-order valence-electron chi connectivity index (χ3n) is 1.33. The van der Waals surface area contributed by atoms with Crippen LogP contribution in [-0.2, 0) is 0 Å². The van der Waals surface area contributed by atoms with Crippen molar-refractivity contribution >= 4 is 13.7 Å². The Morgan fingerprint density at radius 3 is 2.33 bits per heavy atom. The Labute approximate surface area is 69.7 Å². The minimum Gasteiger partial charge on any atom is -0.539 e. The van der Waals surface area contributed by atoms with E-state index in [9.17, 15) is 4.79 Å². The fraction of sp³-hybridized carbons (Fsp3) is 0. The van der Waals surface area contributed by atoms with E-state index in [4.69, 9.17) is 14.8 Å². The largest absolute Gasteiger partial charge is 0.539 e. The van der Waals surface area contributed by atoms with Gasteiger partial charge in [-0.2, -0.15) is 0 Å². The maximum absolute atomic E-state index is 10.4. The van der Waals surface area contributed by atoms with Crippen molar-refractivity contribution in [3.05, 3.63) is 29.8 Å². The standard InChI is InChI=1S/C7H7BO4/c9-7(10)5-1-3-6(4-2-5)12-8-11/h1-4,8,11H,(H,9,10). The molecule has 2 N–H and O–H groups in total. The van der Waals surface area contributed by atoms with Crippen LogP contribution in [0.4, 0.5) is 0 Å². The Morgan fingerprint density at radius 2 is 1.92 bits per heavy atom. The summed E-state index contributed by atoms with van der Waals surface area (Å²) in [6, 6.07) is 5.79. The summed E-state index contributed by atoms with van der Waals surface area (Å²) in [5.41, 5.74) is 0.195. The van der Waals surface area contributed by atoms with Gasteiger partial charge in [-0.1, -0.05) is 0 Å². The van der Waals surface area contributed by atoms with E-state index >= 15 is 0 Å². The number of benzene rings is 1. The highest BCUT2D eigenvalue weighted by atomic mass is 16.5. The summed E-state index contributed by atoms with van der Waals surface area (Å²) in [5, 5.41) is 16.9. The van der Waals surface area contributed by atoms with Gasteiger partial charge in [0.25, 0.3) is 0 Å². The minimum atomic E-state index is -0.981. The molecule has 0 aliphatic carbocycles. The van der Waals surface area contributed by atoms with Crippen LogP contribution in [0.1, 0.15) is 10.4 Å². The molecule has 5 heteroatoms. The Bertz CT molecular complexity index is 269. The number of aromatic carboxylic acids is 1. The zero-order valence-corrected chi connectivity index (χ0v) is 6.23. The number of hydrogen-bond donors (Lipinski definition) is 2. The van der Waals surface area contributed by atoms with E-state index in [1.165, 1.54) is 24.3 Å². The van der Waals surface area contributed by atoms with Crippen LogP contribution in [0, 0.1) is 0 Å². The molecule has 0 atom stereocenters. The molecule has 1 rings (SSSR count). The lowest BCUT2D eigenvalue weighted by molar-refractivity contribution is 0.0697. The van der Waals surface area contributed by atoms with Gasteiger partial charge in [0.15, 0.2) is 0 Å². The van der Waals surface area contributed by atoms with Crippen LogP contribution in [0.5, 0.6) is 5.75 Å². The number of carboxylic acid groups (broad SMARTS) is 1. The van der Waals surface area contributed by atoms with E-state index in [0.29, 0.717) is 5.75 Å². The lowest BCUT2D eigenvalue weighted by Gasteiger charge is -2.00. The SMILES string of the molecule is O=C(O)c1ccc(OBO)cc1. The molecule has 62 valence electrons. The minimum absolute atomic E-state index is 0.195. The highest BCUT2D eigenvalue weighted by molar-refractivity contribution is 6.17. The average Bonchev–Trinajstić information content (AvgIpc) is 2.06. The first-order valence-electron chi connectivity index (χ1n) is 3.31. The maximum Gasteiger partial charge on any atom is 0.504 e. The molecule has 0 radical (unpaired) electrons. The van der Waals surface area contributed by atoms with E-state index in [-0.39, 0.29) is 5.56 Å². The maximum atomic E-state index is 10.4. The van der Waals surface area contributed by atoms with Gasteiger partial charge in [-0.25, -0.2) is 4.79 Å². The molecular formula is C7H7BO4. The van der Waals surface area contributed by atoms with Gasteiger partial charge in [0.2, 0.25) is 0 Å². The molecule has 0 aromatic heterocycles. The zero-order chi connectivity index (χ0) is 8.97. The van der Waals surface area contributed by atoms with Crippen molar-refractivity contribution in [2.45, 2.75) is 0 Å². The number of carboxylic acids is 1. The van der Waals surface area contributed by atoms with Gasteiger partial charge in [0, 0.05) is 0 Å². The van der Waals surface area contributed by atoms with Crippen LogP contribution < -0.4 is 4.65 Å². The van der Waals surface area contributed by atoms with Gasteiger partial charge in [-0.15, -0.1) is 0 Å². The summed E-state index contributed by atoms with van der Waals surface area (Å²) < 4.78 is 4.70. The van der Waals surface area contributed by atoms with Crippen molar-refractivity contribution in [3.8, 4) is 5.75 Å². The van der Waals surface area contributed by atoms with Gasteiger partial charge >= 0.3 is 13.7 Å². The van der Waals surface area contributed by atoms with Crippen LogP contribution in [0.25, 0.3) is 0 Å². The second-order valence-corrected chi connectivity index (χ2v) is 2.10. The molecule has 1 aromatic carbocycles. The predicted octanol–water partition coefficient (Wildman–Crippen LogP) is 0.0224. The summed E-state index contributed by atoms with van der Waals surface area (Å²) in [4.78, 5) is 10.4. The summed E-state index contributed by atoms with van der Waals surface area (Å²) >= 11 is 0. The van der Waals surface area contributed by atoms with E-state index in [0.717, 1.165) is 0 Å². The first-order valence-corrected chi connectivity index (χ1v) is 3.31. The van der Waals surface area contributed by atoms with Crippen molar-refractivity contribution in [2.75, 3.05) is 0 Å². The molecule has 1 aromatic rings. The van der Waals surface area contributed by atoms with Crippen LogP contribution in [0.15, 0.2) is 24.3 Å². The Morgan fingerprint density at radius 1 is 1.33 bits per heavy atom. The molecule has 0 saturated carbocycles. The second kappa shape index (κ2) is 3.78. The van der Waals surface area contributed by atoms with E-state index in [1.807, 2.05) is 0 Å². The molecule has 0 unspecified atom stereocenters. The first kappa shape index (κ1) is 8.61. The van der Waals surface area contributed by atoms with Crippen LogP contribution in [0.2, 0.25) is 0 Å². The van der Waals surface area contributed by atoms with Gasteiger partial charge < -0.3 is 14.8 Å². The first-order chi connectivity index (χ1) is 5.74. The number of hydrogen-bond acceptors (Lipinski definition) is 3. The van der Waals surface area contributed by atoms with Crippen LogP contribution in [0.3, 0.4) is 0 Å². The summed E-state index contributed by atoms with van der Waals surface area (Å²) in [6.45, 7) is 0. The predicted molar refractivity (Wildman–Crippen MR) is 43.4 cm³/mol. The molecule has 0 aliphatic rings. The van der Waals surface area contributed by atoms with Crippen molar-refractivity contribution < 1.29 is 19.6 Å². The molecular weight excluding hydrogens is 159 g/mol. The zero-order valence-electron chi connectivity index (χ0n) is 6.23. The number of rotatable bonds is 3. The third-order valence-corrected chi connectivity index (χ3v) is 1.33. The normalized spacial score (nSPS) is 9.08. The van der Waals surface area contributed by atoms with Crippen LogP contribution >= 0.6 is 0 Å². The molecule has 0 spiro atoms. The highest BCUT2D eigenvalue weighted by Crippen LogP contribution is 2.10. The Balaban J connectivity index is 2.78. The van der Waals surface area contributed by atoms with E-state index in [1.54, 1.807) is 0 Å². The van der Waals surface area contributed by atoms with Gasteiger partial charge in [-0.3, -0.25) is 0 Å². The topological polar surface area (TPSA) is 66.8 Å². The quantitative estimate of drug-likeness (QED) is 0.621. The van der Waals surface area contributed by atoms with Crippen molar-refractivity contribution in [3.63, 3.8) is 0 Å². The van der Waals surface area contributed by atoms with Crippen molar-refractivity contribution in [1.82, 2.24) is 0 Å². The van der Waals surface area contributed by atoms with Crippen molar-refractivity contribution in [1.29, 1.82) is 0 Å².